The van der Waals surface area contributed by atoms with E-state index in [1.807, 2.05) is 52.9 Å². The first-order valence-electron chi connectivity index (χ1n) is 32.0. The van der Waals surface area contributed by atoms with Crippen LogP contribution in [0.3, 0.4) is 0 Å². The minimum atomic E-state index is -0.577. The SMILES string of the molecule is C=CCOc1c(C)c2c(c3c1CC1[C@H]4c5c(cc(C)c(OC)c5OCOC)C[C@@H](C(C#N)N1[C@H]3CN)N4C)OCO2.COc1c(C)cc2c(c1O)[C@@H]1C3Cc4c(OC(C)=O)c(C)c5c(c4[C@H](CNC(=O)c4ccccc4)N3C(C#N)[C@H](C2)N1C)OCO5.O=C(Cl)c1ccccc1. The Morgan fingerprint density at radius 1 is 0.667 bits per heavy atom. The number of nitrogens with one attached hydrogen (secondary N) is 1. The van der Waals surface area contributed by atoms with Gasteiger partial charge in [0.15, 0.2) is 52.8 Å². The number of hydrogen-bond acceptors (Lipinski definition) is 21. The molecule has 6 aromatic carbocycles. The number of amides is 1. The Morgan fingerprint density at radius 2 is 1.17 bits per heavy atom. The van der Waals surface area contributed by atoms with Crippen molar-refractivity contribution in [3.05, 3.63) is 163 Å². The third-order valence-corrected chi connectivity index (χ3v) is 20.4. The smallest absolute Gasteiger partial charge is 0.308 e. The van der Waals surface area contributed by atoms with E-state index in [2.05, 4.69) is 56.7 Å². The number of phenols is 1. The topological polar surface area (TPSA) is 262 Å². The van der Waals surface area contributed by atoms with Crippen molar-refractivity contribution >= 4 is 28.7 Å². The number of carbonyl (C=O) groups is 3. The number of aromatic hydroxyl groups is 1. The predicted molar refractivity (Wildman–Crippen MR) is 355 cm³/mol. The normalized spacial score (nSPS) is 23.5. The van der Waals surface area contributed by atoms with E-state index in [0.29, 0.717) is 102 Å². The van der Waals surface area contributed by atoms with Gasteiger partial charge in [-0.2, -0.15) is 10.5 Å². The number of benzene rings is 6. The number of ether oxygens (including phenoxy) is 10. The number of aryl methyl sites for hydroxylation is 2. The molecule has 0 radical (unpaired) electrons. The third kappa shape index (κ3) is 11.3. The highest BCUT2D eigenvalue weighted by atomic mass is 35.5. The molecule has 502 valence electrons. The van der Waals surface area contributed by atoms with Crippen LogP contribution in [0.1, 0.15) is 119 Å². The van der Waals surface area contributed by atoms with Gasteiger partial charge in [-0.3, -0.25) is 34.0 Å². The van der Waals surface area contributed by atoms with E-state index in [9.17, 15) is 30.0 Å². The molecule has 10 atom stereocenters. The average Bonchev–Trinajstić information content (AvgIpc) is 0.824. The Balaban J connectivity index is 0.000000163. The van der Waals surface area contributed by atoms with Crippen molar-refractivity contribution in [2.45, 2.75) is 121 Å². The molecule has 2 saturated heterocycles. The van der Waals surface area contributed by atoms with Gasteiger partial charge in [0.1, 0.15) is 30.2 Å². The first-order valence-corrected chi connectivity index (χ1v) is 32.3. The maximum Gasteiger partial charge on any atom is 0.308 e. The Bertz CT molecular complexity index is 4140. The minimum absolute atomic E-state index is 0.00524. The van der Waals surface area contributed by atoms with Crippen molar-refractivity contribution in [2.24, 2.45) is 5.73 Å². The van der Waals surface area contributed by atoms with Gasteiger partial charge in [-0.1, -0.05) is 73.3 Å². The van der Waals surface area contributed by atoms with E-state index < -0.39 is 29.3 Å². The van der Waals surface area contributed by atoms with Gasteiger partial charge in [0, 0.05) is 107 Å². The Kier molecular flexibility index (Phi) is 19.2. The number of piperazine rings is 2. The number of fused-ring (bicyclic) bond motifs is 18. The monoisotopic (exact) mass is 1330 g/mol. The molecule has 14 rings (SSSR count). The lowest BCUT2D eigenvalue weighted by atomic mass is 9.71. The van der Waals surface area contributed by atoms with Gasteiger partial charge in [-0.25, -0.2) is 0 Å². The van der Waals surface area contributed by atoms with Crippen LogP contribution in [0.4, 0.5) is 0 Å². The standard InChI is InChI=1S/C35H36N4O7.C31H38N4O6.C7H5ClO/c1-17-11-21-12-23-25(14-36)39-24(29(38(23)4)27(21)30(41)31(17)43-5)13-22-28(26(39)15-37-35(42)20-9-7-6-8-10-20)34-33(44-16-45-34)18(2)32(22)46-19(3)40;1-7-8-38-28-17(3)29-31(41-15-40-29)25-19(28)11-21-26-24-18(9-16(2)27(37-6)30(24)39-14-36-5)10-20(34(26)4)22(12-32)35(21)23(25)13-33;8-7(9)6-4-2-1-3-5-6/h6-11,23-26,29,41H,12-13,15-16H2,1-5H3,(H,37,42);7,9,20-23,26H,1,8,10-11,13-15,33H2,2-6H3;1-5H/t23-,24?,25?,26-,29-;20-,21?,22?,23-,26-;/m00./s1. The third-order valence-electron chi connectivity index (χ3n) is 20.1. The van der Waals surface area contributed by atoms with Crippen molar-refractivity contribution < 1.29 is 66.9 Å². The fraction of sp³-hybridized carbons (Fsp3) is 0.411. The second-order valence-electron chi connectivity index (χ2n) is 25.2. The lowest BCUT2D eigenvalue weighted by Crippen LogP contribution is -2.68. The number of nitrogens with two attached hydrogens (primary N) is 1. The van der Waals surface area contributed by atoms with Crippen LogP contribution < -0.4 is 53.7 Å². The van der Waals surface area contributed by atoms with Crippen molar-refractivity contribution in [2.75, 3.05) is 75.5 Å². The van der Waals surface area contributed by atoms with Gasteiger partial charge < -0.3 is 63.5 Å². The highest BCUT2D eigenvalue weighted by Crippen LogP contribution is 2.61. The molecular weight excluding hydrogens is 1250 g/mol. The Labute approximate surface area is 563 Å². The van der Waals surface area contributed by atoms with Crippen molar-refractivity contribution in [3.8, 4) is 69.6 Å². The number of rotatable bonds is 14. The minimum Gasteiger partial charge on any atom is -0.504 e. The number of hydrogen-bond donors (Lipinski definition) is 3. The Morgan fingerprint density at radius 3 is 1.68 bits per heavy atom. The quantitative estimate of drug-likeness (QED) is 0.0301. The van der Waals surface area contributed by atoms with Gasteiger partial charge in [0.2, 0.25) is 13.6 Å². The van der Waals surface area contributed by atoms with E-state index in [4.69, 9.17) is 64.7 Å². The molecule has 0 saturated carbocycles. The van der Waals surface area contributed by atoms with Crippen LogP contribution in [-0.2, 0) is 35.2 Å². The molecule has 22 nitrogen and oxygen atoms in total. The number of esters is 1. The summed E-state index contributed by atoms with van der Waals surface area (Å²) >= 11 is 5.16. The van der Waals surface area contributed by atoms with Crippen LogP contribution in [0.2, 0.25) is 0 Å². The first-order chi connectivity index (χ1) is 46.4. The van der Waals surface area contributed by atoms with Gasteiger partial charge in [-0.05, 0) is 113 Å². The zero-order chi connectivity index (χ0) is 68.1. The number of nitriles is 2. The summed E-state index contributed by atoms with van der Waals surface area (Å²) in [5.41, 5.74) is 18.4. The molecule has 0 spiro atoms. The number of halogens is 1. The number of nitrogens with zero attached hydrogens (tertiary/aromatic N) is 6. The van der Waals surface area contributed by atoms with Crippen molar-refractivity contribution in [1.29, 1.82) is 10.5 Å². The molecule has 4 unspecified atom stereocenters. The van der Waals surface area contributed by atoms with Crippen LogP contribution >= 0.6 is 11.6 Å². The second kappa shape index (κ2) is 27.6. The highest BCUT2D eigenvalue weighted by molar-refractivity contribution is 6.67. The molecule has 4 bridgehead atoms. The number of likely N-dealkylation sites (N-methyl/N-ethyl adjacent to an activating group) is 2. The summed E-state index contributed by atoms with van der Waals surface area (Å²) in [6, 6.07) is 24.2. The second-order valence-corrected chi connectivity index (χ2v) is 25.5. The summed E-state index contributed by atoms with van der Waals surface area (Å²) in [5.74, 6) is 4.74. The average molecular weight is 1330 g/mol. The zero-order valence-electron chi connectivity index (χ0n) is 55.5. The van der Waals surface area contributed by atoms with Gasteiger partial charge >= 0.3 is 5.97 Å². The lowest BCUT2D eigenvalue weighted by molar-refractivity contribution is -0.132. The number of phenolic OH excluding ortho intramolecular Hbond substituents is 1. The van der Waals surface area contributed by atoms with E-state index >= 15 is 0 Å². The van der Waals surface area contributed by atoms with E-state index in [1.165, 1.54) is 12.5 Å². The molecule has 2 fully saturated rings. The van der Waals surface area contributed by atoms with Crippen LogP contribution in [-0.4, -0.2) is 154 Å². The number of carbonyl (C=O) groups excluding carboxylic acids is 3. The molecule has 0 aliphatic carbocycles. The molecule has 6 aromatic rings. The fourth-order valence-electron chi connectivity index (χ4n) is 16.4. The molecule has 23 heteroatoms. The van der Waals surface area contributed by atoms with Crippen LogP contribution in [0.25, 0.3) is 0 Å². The molecule has 0 aromatic heterocycles. The van der Waals surface area contributed by atoms with Crippen molar-refractivity contribution in [1.82, 2.24) is 24.9 Å². The molecule has 96 heavy (non-hydrogen) atoms. The van der Waals surface area contributed by atoms with E-state index in [0.717, 1.165) is 61.4 Å². The molecular formula is C73H79ClN8O14. The summed E-state index contributed by atoms with van der Waals surface area (Å²) < 4.78 is 59.3. The maximum absolute atomic E-state index is 13.4. The lowest BCUT2D eigenvalue weighted by Gasteiger charge is -2.60. The van der Waals surface area contributed by atoms with Gasteiger partial charge in [-0.15, -0.1) is 0 Å². The first kappa shape index (κ1) is 66.9. The fourth-order valence-corrected chi connectivity index (χ4v) is 16.5. The van der Waals surface area contributed by atoms with Crippen molar-refractivity contribution in [3.63, 3.8) is 0 Å². The summed E-state index contributed by atoms with van der Waals surface area (Å²) in [6.07, 6.45) is 3.98. The zero-order valence-corrected chi connectivity index (χ0v) is 56.2. The van der Waals surface area contributed by atoms with Crippen LogP contribution in [0.5, 0.6) is 57.5 Å². The largest absolute Gasteiger partial charge is 0.504 e. The van der Waals surface area contributed by atoms with Gasteiger partial charge in [0.05, 0.1) is 50.5 Å². The van der Waals surface area contributed by atoms with Crippen LogP contribution in [0, 0.1) is 50.4 Å². The predicted octanol–water partition coefficient (Wildman–Crippen LogP) is 9.26. The van der Waals surface area contributed by atoms with E-state index in [-0.39, 0.29) is 80.9 Å². The van der Waals surface area contributed by atoms with E-state index in [1.54, 1.807) is 75.9 Å². The summed E-state index contributed by atoms with van der Waals surface area (Å²) in [5, 5.41) is 35.9. The molecule has 8 aliphatic heterocycles. The summed E-state index contributed by atoms with van der Waals surface area (Å²) in [6.45, 7) is 14.0. The highest BCUT2D eigenvalue weighted by Gasteiger charge is 2.59. The molecule has 8 heterocycles. The summed E-state index contributed by atoms with van der Waals surface area (Å²) in [4.78, 5) is 45.3. The molecule has 8 aliphatic rings. The molecule has 4 N–H and O–H groups in total. The maximum atomic E-state index is 13.4. The Hall–Kier alpha value is -9.10. The van der Waals surface area contributed by atoms with Crippen LogP contribution in [0.15, 0.2) is 85.5 Å². The number of methoxy groups -OCH3 is 3. The molecule has 1 amide bonds. The van der Waals surface area contributed by atoms with Gasteiger partial charge in [0.25, 0.3) is 11.1 Å². The summed E-state index contributed by atoms with van der Waals surface area (Å²) in [7, 11) is 8.92.